The van der Waals surface area contributed by atoms with Crippen LogP contribution >= 0.6 is 23.2 Å². The fourth-order valence-electron chi connectivity index (χ4n) is 2.51. The van der Waals surface area contributed by atoms with Crippen molar-refractivity contribution in [3.63, 3.8) is 0 Å². The number of aryl methyl sites for hydroxylation is 1. The van der Waals surface area contributed by atoms with Crippen LogP contribution < -0.4 is 10.1 Å². The van der Waals surface area contributed by atoms with Crippen LogP contribution in [0.2, 0.25) is 10.0 Å². The van der Waals surface area contributed by atoms with E-state index in [4.69, 9.17) is 27.9 Å². The van der Waals surface area contributed by atoms with Crippen LogP contribution in [0.5, 0.6) is 5.75 Å². The largest absolute Gasteiger partial charge is 0.489 e. The van der Waals surface area contributed by atoms with Gasteiger partial charge in [-0.15, -0.1) is 0 Å². The van der Waals surface area contributed by atoms with E-state index >= 15 is 0 Å². The molecule has 1 N–H and O–H groups in total. The number of ether oxygens (including phenoxy) is 1. The number of amides is 1. The summed E-state index contributed by atoms with van der Waals surface area (Å²) in [6, 6.07) is 20.5. The van der Waals surface area contributed by atoms with E-state index in [9.17, 15) is 4.79 Å². The molecule has 0 saturated carbocycles. The van der Waals surface area contributed by atoms with Crippen LogP contribution in [0.25, 0.3) is 0 Å². The maximum absolute atomic E-state index is 12.4. The van der Waals surface area contributed by atoms with Crippen LogP contribution in [-0.2, 0) is 13.2 Å². The van der Waals surface area contributed by atoms with Crippen LogP contribution in [0.15, 0.2) is 66.7 Å². The lowest BCUT2D eigenvalue weighted by atomic mass is 10.1. The average Bonchev–Trinajstić information content (AvgIpc) is 2.68. The van der Waals surface area contributed by atoms with Crippen molar-refractivity contribution in [3.8, 4) is 5.75 Å². The van der Waals surface area contributed by atoms with Crippen molar-refractivity contribution in [1.29, 1.82) is 0 Å². The topological polar surface area (TPSA) is 38.3 Å². The van der Waals surface area contributed by atoms with Gasteiger partial charge in [0.2, 0.25) is 0 Å². The zero-order valence-corrected chi connectivity index (χ0v) is 16.3. The van der Waals surface area contributed by atoms with E-state index in [0.29, 0.717) is 34.5 Å². The minimum absolute atomic E-state index is 0.143. The first-order valence-corrected chi connectivity index (χ1v) is 9.27. The van der Waals surface area contributed by atoms with Crippen molar-refractivity contribution in [2.75, 3.05) is 0 Å². The molecule has 0 bridgehead atoms. The van der Waals surface area contributed by atoms with E-state index in [1.807, 2.05) is 43.3 Å². The van der Waals surface area contributed by atoms with Crippen molar-refractivity contribution in [2.45, 2.75) is 20.1 Å². The number of nitrogens with one attached hydrogen (secondary N) is 1. The van der Waals surface area contributed by atoms with E-state index in [-0.39, 0.29) is 5.91 Å². The van der Waals surface area contributed by atoms with Gasteiger partial charge in [-0.2, -0.15) is 0 Å². The summed E-state index contributed by atoms with van der Waals surface area (Å²) in [5.41, 5.74) is 3.70. The van der Waals surface area contributed by atoms with Crippen molar-refractivity contribution in [1.82, 2.24) is 5.32 Å². The molecule has 0 fully saturated rings. The minimum atomic E-state index is -0.143. The molecular formula is C22H19Cl2NO2. The Bertz CT molecular complexity index is 939. The normalized spacial score (nSPS) is 10.5. The Labute approximate surface area is 168 Å². The summed E-state index contributed by atoms with van der Waals surface area (Å²) in [6.07, 6.45) is 0. The van der Waals surface area contributed by atoms with Gasteiger partial charge in [-0.05, 0) is 48.4 Å². The second-order valence-electron chi connectivity index (χ2n) is 6.23. The third-order valence-corrected chi connectivity index (χ3v) is 4.80. The Morgan fingerprint density at radius 1 is 0.926 bits per heavy atom. The molecule has 0 atom stereocenters. The monoisotopic (exact) mass is 399 g/mol. The SMILES string of the molecule is Cc1ccc(CNC(=O)c2cccc(OCc3ccc(Cl)c(Cl)c3)c2)cc1. The third kappa shape index (κ3) is 5.49. The zero-order valence-electron chi connectivity index (χ0n) is 14.8. The first-order chi connectivity index (χ1) is 13.0. The minimum Gasteiger partial charge on any atom is -0.489 e. The quantitative estimate of drug-likeness (QED) is 0.567. The molecule has 0 aliphatic rings. The van der Waals surface area contributed by atoms with Gasteiger partial charge in [0.15, 0.2) is 0 Å². The van der Waals surface area contributed by atoms with Crippen molar-refractivity contribution >= 4 is 29.1 Å². The summed E-state index contributed by atoms with van der Waals surface area (Å²) in [7, 11) is 0. The van der Waals surface area contributed by atoms with E-state index in [1.54, 1.807) is 30.3 Å². The van der Waals surface area contributed by atoms with Gasteiger partial charge in [-0.3, -0.25) is 4.79 Å². The van der Waals surface area contributed by atoms with Gasteiger partial charge < -0.3 is 10.1 Å². The Morgan fingerprint density at radius 2 is 1.67 bits per heavy atom. The number of benzene rings is 3. The van der Waals surface area contributed by atoms with Gasteiger partial charge in [0, 0.05) is 12.1 Å². The lowest BCUT2D eigenvalue weighted by Gasteiger charge is -2.10. The highest BCUT2D eigenvalue weighted by molar-refractivity contribution is 6.42. The molecule has 5 heteroatoms. The predicted molar refractivity (Wildman–Crippen MR) is 110 cm³/mol. The molecule has 0 aliphatic heterocycles. The van der Waals surface area contributed by atoms with Gasteiger partial charge in [-0.25, -0.2) is 0 Å². The molecule has 0 aromatic heterocycles. The summed E-state index contributed by atoms with van der Waals surface area (Å²) in [5.74, 6) is 0.472. The number of carbonyl (C=O) groups excluding carboxylic acids is 1. The molecule has 0 saturated heterocycles. The lowest BCUT2D eigenvalue weighted by molar-refractivity contribution is 0.0950. The molecule has 0 radical (unpaired) electrons. The predicted octanol–water partition coefficient (Wildman–Crippen LogP) is 5.81. The third-order valence-electron chi connectivity index (χ3n) is 4.06. The van der Waals surface area contributed by atoms with Crippen LogP contribution in [0, 0.1) is 6.92 Å². The van der Waals surface area contributed by atoms with Crippen LogP contribution in [0.4, 0.5) is 0 Å². The average molecular weight is 400 g/mol. The highest BCUT2D eigenvalue weighted by Gasteiger charge is 2.07. The molecule has 3 aromatic carbocycles. The smallest absolute Gasteiger partial charge is 0.251 e. The fourth-order valence-corrected chi connectivity index (χ4v) is 2.83. The molecule has 0 unspecified atom stereocenters. The Morgan fingerprint density at radius 3 is 2.41 bits per heavy atom. The molecule has 0 spiro atoms. The zero-order chi connectivity index (χ0) is 19.2. The number of halogens is 2. The van der Waals surface area contributed by atoms with Crippen molar-refractivity contribution < 1.29 is 9.53 Å². The maximum Gasteiger partial charge on any atom is 0.251 e. The van der Waals surface area contributed by atoms with Crippen molar-refractivity contribution in [2.24, 2.45) is 0 Å². The highest BCUT2D eigenvalue weighted by Crippen LogP contribution is 2.23. The van der Waals surface area contributed by atoms with E-state index in [0.717, 1.165) is 11.1 Å². The van der Waals surface area contributed by atoms with Gasteiger partial charge in [0.05, 0.1) is 10.0 Å². The fraction of sp³-hybridized carbons (Fsp3) is 0.136. The summed E-state index contributed by atoms with van der Waals surface area (Å²) < 4.78 is 5.77. The van der Waals surface area contributed by atoms with Gasteiger partial charge in [-0.1, -0.05) is 65.2 Å². The summed E-state index contributed by atoms with van der Waals surface area (Å²) >= 11 is 11.9. The maximum atomic E-state index is 12.4. The van der Waals surface area contributed by atoms with Crippen molar-refractivity contribution in [3.05, 3.63) is 99.0 Å². The number of hydrogen-bond donors (Lipinski definition) is 1. The second-order valence-corrected chi connectivity index (χ2v) is 7.05. The van der Waals surface area contributed by atoms with Gasteiger partial charge in [0.25, 0.3) is 5.91 Å². The first kappa shape index (κ1) is 19.3. The molecule has 3 aromatic rings. The molecular weight excluding hydrogens is 381 g/mol. The molecule has 3 nitrogen and oxygen atoms in total. The Kier molecular flexibility index (Phi) is 6.38. The highest BCUT2D eigenvalue weighted by atomic mass is 35.5. The number of rotatable bonds is 6. The lowest BCUT2D eigenvalue weighted by Crippen LogP contribution is -2.22. The van der Waals surface area contributed by atoms with E-state index in [2.05, 4.69) is 5.32 Å². The molecule has 0 aliphatic carbocycles. The van der Waals surface area contributed by atoms with Gasteiger partial charge >= 0.3 is 0 Å². The standard InChI is InChI=1S/C22H19Cl2NO2/c1-15-5-7-16(8-6-15)13-25-22(26)18-3-2-4-19(12-18)27-14-17-9-10-20(23)21(24)11-17/h2-12H,13-14H2,1H3,(H,25,26). The molecule has 0 heterocycles. The summed E-state index contributed by atoms with van der Waals surface area (Å²) in [4.78, 5) is 12.4. The number of carbonyl (C=O) groups is 1. The number of hydrogen-bond acceptors (Lipinski definition) is 2. The molecule has 1 amide bonds. The van der Waals surface area contributed by atoms with Crippen LogP contribution in [0.3, 0.4) is 0 Å². The molecule has 27 heavy (non-hydrogen) atoms. The van der Waals surface area contributed by atoms with Crippen LogP contribution in [-0.4, -0.2) is 5.91 Å². The first-order valence-electron chi connectivity index (χ1n) is 8.52. The van der Waals surface area contributed by atoms with Gasteiger partial charge in [0.1, 0.15) is 12.4 Å². The summed E-state index contributed by atoms with van der Waals surface area (Å²) in [5, 5.41) is 3.92. The second kappa shape index (κ2) is 8.94. The van der Waals surface area contributed by atoms with Crippen LogP contribution in [0.1, 0.15) is 27.0 Å². The van der Waals surface area contributed by atoms with E-state index in [1.165, 1.54) is 5.56 Å². The summed E-state index contributed by atoms with van der Waals surface area (Å²) in [6.45, 7) is 2.85. The Balaban J connectivity index is 1.59. The Hall–Kier alpha value is -2.49. The van der Waals surface area contributed by atoms with E-state index < -0.39 is 0 Å². The molecule has 3 rings (SSSR count). The molecule has 138 valence electrons.